The maximum atomic E-state index is 13.7. The van der Waals surface area contributed by atoms with E-state index in [1.165, 1.54) is 30.3 Å². The summed E-state index contributed by atoms with van der Waals surface area (Å²) in [5, 5.41) is 8.40. The predicted molar refractivity (Wildman–Crippen MR) is 91.2 cm³/mol. The molecule has 1 aliphatic rings. The number of halogens is 1. The van der Waals surface area contributed by atoms with Crippen molar-refractivity contribution in [3.8, 4) is 6.07 Å². The smallest absolute Gasteiger partial charge is 0.328 e. The molecule has 1 saturated carbocycles. The van der Waals surface area contributed by atoms with E-state index in [-0.39, 0.29) is 17.1 Å². The number of benzene rings is 2. The molecule has 2 aromatic rings. The molecule has 3 atom stereocenters. The Morgan fingerprint density at radius 2 is 1.92 bits per heavy atom. The molecule has 2 aromatic carbocycles. The number of rotatable bonds is 5. The molecule has 0 spiro atoms. The van der Waals surface area contributed by atoms with E-state index in [1.807, 2.05) is 6.07 Å². The number of carbonyl (C=O) groups excluding carboxylic acids is 1. The average Bonchev–Trinajstić information content (AvgIpc) is 3.34. The fourth-order valence-corrected chi connectivity index (χ4v) is 5.61. The number of hydrogen-bond acceptors (Lipinski definition) is 5. The van der Waals surface area contributed by atoms with Crippen LogP contribution in [0.15, 0.2) is 59.5 Å². The van der Waals surface area contributed by atoms with E-state index in [1.54, 1.807) is 25.1 Å². The van der Waals surface area contributed by atoms with Crippen molar-refractivity contribution in [2.45, 2.75) is 23.0 Å². The van der Waals surface area contributed by atoms with Crippen LogP contribution in [0.1, 0.15) is 18.4 Å². The van der Waals surface area contributed by atoms with Crippen LogP contribution in [0.4, 0.5) is 4.39 Å². The summed E-state index contributed by atoms with van der Waals surface area (Å²) in [6.07, 6.45) is 0. The first-order valence-electron chi connectivity index (χ1n) is 8.02. The van der Waals surface area contributed by atoms with Gasteiger partial charge in [-0.1, -0.05) is 30.3 Å². The second-order valence-corrected chi connectivity index (χ2v) is 8.08. The molecule has 1 aliphatic carbocycles. The molecule has 26 heavy (non-hydrogen) atoms. The second kappa shape index (κ2) is 6.54. The van der Waals surface area contributed by atoms with Crippen LogP contribution >= 0.6 is 0 Å². The van der Waals surface area contributed by atoms with Crippen molar-refractivity contribution in [2.75, 3.05) is 6.61 Å². The quantitative estimate of drug-likeness (QED) is 0.753. The number of nitriles is 1. The van der Waals surface area contributed by atoms with Crippen molar-refractivity contribution in [2.24, 2.45) is 5.41 Å². The minimum absolute atomic E-state index is 0.00725. The molecule has 0 bridgehead atoms. The van der Waals surface area contributed by atoms with Crippen molar-refractivity contribution < 1.29 is 22.3 Å². The van der Waals surface area contributed by atoms with Crippen molar-refractivity contribution in [1.29, 1.82) is 5.26 Å². The van der Waals surface area contributed by atoms with Crippen LogP contribution in [-0.2, 0) is 19.4 Å². The van der Waals surface area contributed by atoms with Gasteiger partial charge >= 0.3 is 5.97 Å². The lowest BCUT2D eigenvalue weighted by atomic mass is 10.0. The van der Waals surface area contributed by atoms with Gasteiger partial charge in [-0.25, -0.2) is 12.8 Å². The highest BCUT2D eigenvalue weighted by Crippen LogP contribution is 2.64. The normalized spacial score (nSPS) is 24.5. The number of carbonyl (C=O) groups is 1. The van der Waals surface area contributed by atoms with Gasteiger partial charge in [-0.2, -0.15) is 5.26 Å². The molecule has 0 aromatic heterocycles. The Morgan fingerprint density at radius 3 is 2.50 bits per heavy atom. The van der Waals surface area contributed by atoms with Gasteiger partial charge in [-0.05, 0) is 36.8 Å². The van der Waals surface area contributed by atoms with Gasteiger partial charge in [0, 0.05) is 5.92 Å². The zero-order valence-corrected chi connectivity index (χ0v) is 14.7. The Kier molecular flexibility index (Phi) is 4.55. The first-order valence-corrected chi connectivity index (χ1v) is 9.57. The fourth-order valence-electron chi connectivity index (χ4n) is 3.35. The van der Waals surface area contributed by atoms with E-state index in [0.29, 0.717) is 0 Å². The van der Waals surface area contributed by atoms with Crippen LogP contribution in [0.3, 0.4) is 0 Å². The molecule has 0 saturated heterocycles. The zero-order valence-electron chi connectivity index (χ0n) is 13.9. The van der Waals surface area contributed by atoms with E-state index in [9.17, 15) is 22.9 Å². The van der Waals surface area contributed by atoms with E-state index in [2.05, 4.69) is 0 Å². The maximum Gasteiger partial charge on any atom is 0.328 e. The third-order valence-corrected chi connectivity index (χ3v) is 6.79. The summed E-state index contributed by atoms with van der Waals surface area (Å²) in [4.78, 5) is 12.5. The molecule has 0 aliphatic heterocycles. The molecule has 7 heteroatoms. The van der Waals surface area contributed by atoms with Gasteiger partial charge in [0.25, 0.3) is 0 Å². The Balaban J connectivity index is 2.15. The standard InChI is InChI=1S/C19H16FNO4S/c1-2-25-18(22)19(12-21)16(13-7-6-8-14(20)11-13)17(19)26(23,24)15-9-4-3-5-10-15/h3-11,16-17H,2H2,1H3/t16-,17+,19+/m1/s1. The summed E-state index contributed by atoms with van der Waals surface area (Å²) in [6, 6.07) is 14.7. The van der Waals surface area contributed by atoms with E-state index in [4.69, 9.17) is 4.74 Å². The summed E-state index contributed by atoms with van der Waals surface area (Å²) < 4.78 is 44.8. The Hall–Kier alpha value is -2.72. The summed E-state index contributed by atoms with van der Waals surface area (Å²) in [5.41, 5.74) is -1.61. The van der Waals surface area contributed by atoms with Gasteiger partial charge in [0.05, 0.1) is 17.6 Å². The summed E-state index contributed by atoms with van der Waals surface area (Å²) in [7, 11) is -4.00. The second-order valence-electron chi connectivity index (χ2n) is 6.01. The first-order chi connectivity index (χ1) is 12.4. The molecule has 1 fully saturated rings. The number of hydrogen-bond donors (Lipinski definition) is 0. The van der Waals surface area contributed by atoms with Crippen LogP contribution in [0, 0.1) is 22.6 Å². The molecule has 0 radical (unpaired) electrons. The first kappa shape index (κ1) is 18.1. The van der Waals surface area contributed by atoms with Crippen LogP contribution < -0.4 is 0 Å². The lowest BCUT2D eigenvalue weighted by Crippen LogP contribution is -2.25. The molecule has 0 N–H and O–H groups in total. The lowest BCUT2D eigenvalue weighted by Gasteiger charge is -2.09. The third-order valence-electron chi connectivity index (χ3n) is 4.55. The molecule has 134 valence electrons. The highest BCUT2D eigenvalue weighted by atomic mass is 32.2. The van der Waals surface area contributed by atoms with Crippen molar-refractivity contribution in [3.05, 3.63) is 66.0 Å². The summed E-state index contributed by atoms with van der Waals surface area (Å²) in [5.74, 6) is -2.46. The Bertz CT molecular complexity index is 984. The zero-order chi connectivity index (χ0) is 18.9. The minimum Gasteiger partial charge on any atom is -0.465 e. The molecule has 0 unspecified atom stereocenters. The SMILES string of the molecule is CCOC(=O)[C@@]1(C#N)[C@H](c2cccc(F)c2)[C@@H]1S(=O)(=O)c1ccccc1. The van der Waals surface area contributed by atoms with Crippen LogP contribution in [0.5, 0.6) is 0 Å². The Morgan fingerprint density at radius 1 is 1.23 bits per heavy atom. The van der Waals surface area contributed by atoms with Gasteiger partial charge < -0.3 is 4.74 Å². The maximum absolute atomic E-state index is 13.7. The number of esters is 1. The molecule has 0 amide bonds. The monoisotopic (exact) mass is 373 g/mol. The average molecular weight is 373 g/mol. The Labute approximate surface area is 150 Å². The topological polar surface area (TPSA) is 84.2 Å². The van der Waals surface area contributed by atoms with Crippen LogP contribution in [0.25, 0.3) is 0 Å². The largest absolute Gasteiger partial charge is 0.465 e. The third kappa shape index (κ3) is 2.67. The van der Waals surface area contributed by atoms with Crippen LogP contribution in [0.2, 0.25) is 0 Å². The van der Waals surface area contributed by atoms with Crippen LogP contribution in [-0.4, -0.2) is 26.2 Å². The number of ether oxygens (including phenoxy) is 1. The lowest BCUT2D eigenvalue weighted by molar-refractivity contribution is -0.147. The van der Waals surface area contributed by atoms with Crippen molar-refractivity contribution in [1.82, 2.24) is 0 Å². The van der Waals surface area contributed by atoms with Crippen molar-refractivity contribution in [3.63, 3.8) is 0 Å². The van der Waals surface area contributed by atoms with E-state index >= 15 is 0 Å². The van der Waals surface area contributed by atoms with Gasteiger partial charge in [0.15, 0.2) is 15.3 Å². The summed E-state index contributed by atoms with van der Waals surface area (Å²) in [6.45, 7) is 1.58. The number of nitrogens with zero attached hydrogens (tertiary/aromatic N) is 1. The van der Waals surface area contributed by atoms with Gasteiger partial charge in [-0.15, -0.1) is 0 Å². The van der Waals surface area contributed by atoms with E-state index < -0.39 is 38.2 Å². The fraction of sp³-hybridized carbons (Fsp3) is 0.263. The van der Waals surface area contributed by atoms with E-state index in [0.717, 1.165) is 6.07 Å². The number of sulfone groups is 1. The molecule has 5 nitrogen and oxygen atoms in total. The molecular weight excluding hydrogens is 357 g/mol. The highest BCUT2D eigenvalue weighted by Gasteiger charge is 2.77. The van der Waals surface area contributed by atoms with Gasteiger partial charge in [0.1, 0.15) is 11.1 Å². The highest BCUT2D eigenvalue weighted by molar-refractivity contribution is 7.92. The molecule has 0 heterocycles. The minimum atomic E-state index is -4.00. The molecular formula is C19H16FNO4S. The molecule has 3 rings (SSSR count). The van der Waals surface area contributed by atoms with Crippen molar-refractivity contribution >= 4 is 15.8 Å². The van der Waals surface area contributed by atoms with Gasteiger partial charge in [0.2, 0.25) is 0 Å². The summed E-state index contributed by atoms with van der Waals surface area (Å²) >= 11 is 0. The predicted octanol–water partition coefficient (Wildman–Crippen LogP) is 2.84. The van der Waals surface area contributed by atoms with Gasteiger partial charge in [-0.3, -0.25) is 4.79 Å².